The minimum Gasteiger partial charge on any atom is -0.385 e. The summed E-state index contributed by atoms with van der Waals surface area (Å²) in [7, 11) is 0. The van der Waals surface area contributed by atoms with Gasteiger partial charge in [-0.2, -0.15) is 0 Å². The van der Waals surface area contributed by atoms with Gasteiger partial charge in [-0.3, -0.25) is 4.79 Å². The number of amides is 1. The van der Waals surface area contributed by atoms with E-state index < -0.39 is 0 Å². The normalized spacial score (nSPS) is 10.0. The van der Waals surface area contributed by atoms with Crippen LogP contribution >= 0.6 is 22.6 Å². The van der Waals surface area contributed by atoms with Crippen molar-refractivity contribution in [1.82, 2.24) is 0 Å². The van der Waals surface area contributed by atoms with E-state index >= 15 is 0 Å². The van der Waals surface area contributed by atoms with Crippen LogP contribution in [0.2, 0.25) is 0 Å². The van der Waals surface area contributed by atoms with Crippen molar-refractivity contribution in [3.63, 3.8) is 0 Å². The molecular formula is C15H15IN2O. The molecule has 2 rings (SSSR count). The highest BCUT2D eigenvalue weighted by Gasteiger charge is 2.05. The van der Waals surface area contributed by atoms with Crippen molar-refractivity contribution < 1.29 is 4.79 Å². The van der Waals surface area contributed by atoms with Gasteiger partial charge in [-0.15, -0.1) is 0 Å². The number of carbonyl (C=O) groups is 1. The van der Waals surface area contributed by atoms with Crippen molar-refractivity contribution in [1.29, 1.82) is 0 Å². The minimum absolute atomic E-state index is 0.0925. The van der Waals surface area contributed by atoms with Gasteiger partial charge in [0.15, 0.2) is 0 Å². The first-order chi connectivity index (χ1) is 9.19. The van der Waals surface area contributed by atoms with Crippen LogP contribution in [0.15, 0.2) is 48.5 Å². The number of benzene rings is 2. The molecule has 2 aromatic rings. The van der Waals surface area contributed by atoms with Crippen molar-refractivity contribution in [2.45, 2.75) is 6.92 Å². The second kappa shape index (κ2) is 6.56. The Kier molecular flexibility index (Phi) is 4.79. The van der Waals surface area contributed by atoms with Crippen molar-refractivity contribution in [2.75, 3.05) is 17.2 Å². The highest BCUT2D eigenvalue weighted by Crippen LogP contribution is 2.15. The second-order valence-electron chi connectivity index (χ2n) is 4.07. The average Bonchev–Trinajstić information content (AvgIpc) is 2.40. The smallest absolute Gasteiger partial charge is 0.255 e. The van der Waals surface area contributed by atoms with Gasteiger partial charge in [0.1, 0.15) is 0 Å². The van der Waals surface area contributed by atoms with Crippen LogP contribution in [-0.2, 0) is 0 Å². The molecule has 0 aliphatic rings. The fraction of sp³-hybridized carbons (Fsp3) is 0.133. The molecule has 0 radical (unpaired) electrons. The maximum atomic E-state index is 12.1. The molecule has 4 heteroatoms. The first-order valence-corrected chi connectivity index (χ1v) is 7.18. The highest BCUT2D eigenvalue weighted by atomic mass is 127. The summed E-state index contributed by atoms with van der Waals surface area (Å²) < 4.78 is 1.10. The lowest BCUT2D eigenvalue weighted by molar-refractivity contribution is 0.102. The third-order valence-electron chi connectivity index (χ3n) is 2.61. The van der Waals surface area contributed by atoms with Gasteiger partial charge in [-0.1, -0.05) is 6.07 Å². The zero-order valence-electron chi connectivity index (χ0n) is 10.6. The first-order valence-electron chi connectivity index (χ1n) is 6.10. The van der Waals surface area contributed by atoms with Crippen LogP contribution in [0.1, 0.15) is 17.3 Å². The minimum atomic E-state index is -0.0925. The molecule has 1 amide bonds. The molecule has 0 atom stereocenters. The predicted molar refractivity (Wildman–Crippen MR) is 87.7 cm³/mol. The summed E-state index contributed by atoms with van der Waals surface area (Å²) in [5.41, 5.74) is 2.49. The summed E-state index contributed by atoms with van der Waals surface area (Å²) in [6.45, 7) is 2.91. The summed E-state index contributed by atoms with van der Waals surface area (Å²) in [5.74, 6) is -0.0925. The van der Waals surface area contributed by atoms with Crippen LogP contribution in [0, 0.1) is 3.57 Å². The standard InChI is InChI=1S/C15H15IN2O/c1-2-17-13-8-6-11(7-9-13)15(19)18-14-5-3-4-12(16)10-14/h3-10,17H,2H2,1H3,(H,18,19). The third kappa shape index (κ3) is 3.96. The van der Waals surface area contributed by atoms with E-state index in [4.69, 9.17) is 0 Å². The van der Waals surface area contributed by atoms with E-state index in [9.17, 15) is 4.79 Å². The van der Waals surface area contributed by atoms with Crippen molar-refractivity contribution in [2.24, 2.45) is 0 Å². The molecule has 2 aromatic carbocycles. The van der Waals surface area contributed by atoms with E-state index in [0.717, 1.165) is 21.5 Å². The van der Waals surface area contributed by atoms with Crippen LogP contribution in [0.3, 0.4) is 0 Å². The molecule has 0 bridgehead atoms. The molecular weight excluding hydrogens is 351 g/mol. The zero-order valence-corrected chi connectivity index (χ0v) is 12.8. The van der Waals surface area contributed by atoms with Gasteiger partial charge >= 0.3 is 0 Å². The Balaban J connectivity index is 2.07. The maximum Gasteiger partial charge on any atom is 0.255 e. The molecule has 19 heavy (non-hydrogen) atoms. The monoisotopic (exact) mass is 366 g/mol. The van der Waals surface area contributed by atoms with Crippen LogP contribution in [0.4, 0.5) is 11.4 Å². The summed E-state index contributed by atoms with van der Waals surface area (Å²) in [4.78, 5) is 12.1. The Morgan fingerprint density at radius 3 is 2.47 bits per heavy atom. The topological polar surface area (TPSA) is 41.1 Å². The van der Waals surface area contributed by atoms with E-state index in [1.165, 1.54) is 0 Å². The fourth-order valence-electron chi connectivity index (χ4n) is 1.71. The van der Waals surface area contributed by atoms with Gasteiger partial charge in [0.25, 0.3) is 5.91 Å². The fourth-order valence-corrected chi connectivity index (χ4v) is 2.26. The predicted octanol–water partition coefficient (Wildman–Crippen LogP) is 3.98. The molecule has 0 saturated heterocycles. The molecule has 0 aliphatic carbocycles. The van der Waals surface area contributed by atoms with Crippen molar-refractivity contribution >= 4 is 39.9 Å². The van der Waals surface area contributed by atoms with Gasteiger partial charge in [0, 0.05) is 27.1 Å². The summed E-state index contributed by atoms with van der Waals surface area (Å²) in [5, 5.41) is 6.08. The number of hydrogen-bond donors (Lipinski definition) is 2. The lowest BCUT2D eigenvalue weighted by atomic mass is 10.2. The summed E-state index contributed by atoms with van der Waals surface area (Å²) >= 11 is 2.22. The zero-order chi connectivity index (χ0) is 13.7. The Bertz CT molecular complexity index is 567. The molecule has 98 valence electrons. The van der Waals surface area contributed by atoms with E-state index in [-0.39, 0.29) is 5.91 Å². The van der Waals surface area contributed by atoms with Gasteiger partial charge in [0.05, 0.1) is 0 Å². The Morgan fingerprint density at radius 1 is 1.11 bits per heavy atom. The van der Waals surface area contributed by atoms with Gasteiger partial charge < -0.3 is 10.6 Å². The molecule has 3 nitrogen and oxygen atoms in total. The number of hydrogen-bond acceptors (Lipinski definition) is 2. The van der Waals surface area contributed by atoms with Crippen LogP contribution in [0.5, 0.6) is 0 Å². The quantitative estimate of drug-likeness (QED) is 0.804. The Labute approximate surface area is 126 Å². The van der Waals surface area contributed by atoms with E-state index in [1.807, 2.05) is 55.5 Å². The average molecular weight is 366 g/mol. The van der Waals surface area contributed by atoms with Crippen LogP contribution in [0.25, 0.3) is 0 Å². The number of halogens is 1. The van der Waals surface area contributed by atoms with Crippen molar-refractivity contribution in [3.8, 4) is 0 Å². The molecule has 0 aliphatic heterocycles. The van der Waals surface area contributed by atoms with E-state index in [1.54, 1.807) is 0 Å². The Morgan fingerprint density at radius 2 is 1.84 bits per heavy atom. The van der Waals surface area contributed by atoms with Crippen LogP contribution < -0.4 is 10.6 Å². The van der Waals surface area contributed by atoms with Crippen molar-refractivity contribution in [3.05, 3.63) is 57.7 Å². The third-order valence-corrected chi connectivity index (χ3v) is 3.28. The van der Waals surface area contributed by atoms with Gasteiger partial charge in [0.2, 0.25) is 0 Å². The van der Waals surface area contributed by atoms with Gasteiger partial charge in [-0.05, 0) is 72.0 Å². The number of rotatable bonds is 4. The molecule has 0 saturated carbocycles. The maximum absolute atomic E-state index is 12.1. The SMILES string of the molecule is CCNc1ccc(C(=O)Nc2cccc(I)c2)cc1. The number of nitrogens with one attached hydrogen (secondary N) is 2. The molecule has 0 spiro atoms. The molecule has 0 unspecified atom stereocenters. The molecule has 2 N–H and O–H groups in total. The lowest BCUT2D eigenvalue weighted by Crippen LogP contribution is -2.11. The van der Waals surface area contributed by atoms with E-state index in [0.29, 0.717) is 5.56 Å². The number of carbonyl (C=O) groups excluding carboxylic acids is 1. The molecule has 0 fully saturated rings. The second-order valence-corrected chi connectivity index (χ2v) is 5.32. The van der Waals surface area contributed by atoms with E-state index in [2.05, 4.69) is 33.2 Å². The summed E-state index contributed by atoms with van der Waals surface area (Å²) in [6, 6.07) is 15.2. The number of anilines is 2. The largest absolute Gasteiger partial charge is 0.385 e. The van der Waals surface area contributed by atoms with Gasteiger partial charge in [-0.25, -0.2) is 0 Å². The Hall–Kier alpha value is -1.56. The summed E-state index contributed by atoms with van der Waals surface area (Å²) in [6.07, 6.45) is 0. The molecule has 0 heterocycles. The van der Waals surface area contributed by atoms with Crippen LogP contribution in [-0.4, -0.2) is 12.5 Å². The lowest BCUT2D eigenvalue weighted by Gasteiger charge is -2.07. The highest BCUT2D eigenvalue weighted by molar-refractivity contribution is 14.1. The molecule has 0 aromatic heterocycles. The first kappa shape index (κ1) is 13.9.